The second-order valence-corrected chi connectivity index (χ2v) is 4.29. The summed E-state index contributed by atoms with van der Waals surface area (Å²) in [6, 6.07) is 1.32. The molecule has 0 bridgehead atoms. The molecule has 19 heavy (non-hydrogen) atoms. The van der Waals surface area contributed by atoms with Crippen LogP contribution in [0, 0.1) is 0 Å². The number of rotatable bonds is 3. The van der Waals surface area contributed by atoms with E-state index in [1.165, 1.54) is 19.2 Å². The predicted molar refractivity (Wildman–Crippen MR) is 61.5 cm³/mol. The fourth-order valence-corrected chi connectivity index (χ4v) is 1.91. The minimum absolute atomic E-state index is 0.00740. The van der Waals surface area contributed by atoms with Gasteiger partial charge < -0.3 is 20.1 Å². The molecule has 0 radical (unpaired) electrons. The van der Waals surface area contributed by atoms with Crippen LogP contribution in [-0.4, -0.2) is 55.6 Å². The van der Waals surface area contributed by atoms with Crippen LogP contribution >= 0.6 is 0 Å². The summed E-state index contributed by atoms with van der Waals surface area (Å²) in [5, 5.41) is 28.3. The number of nitrogens with zero attached hydrogens (tertiary/aromatic N) is 2. The van der Waals surface area contributed by atoms with E-state index in [1.54, 1.807) is 0 Å². The molecule has 0 saturated carbocycles. The van der Waals surface area contributed by atoms with Crippen molar-refractivity contribution in [2.75, 3.05) is 6.61 Å². The maximum absolute atomic E-state index is 11.7. The minimum Gasteiger partial charge on any atom is -0.394 e. The number of ether oxygens (including phenoxy) is 1. The first-order chi connectivity index (χ1) is 8.95. The Morgan fingerprint density at radius 3 is 2.63 bits per heavy atom. The average molecular weight is 270 g/mol. The number of hydrogen-bond acceptors (Lipinski definition) is 7. The van der Waals surface area contributed by atoms with E-state index in [1.807, 2.05) is 0 Å². The van der Waals surface area contributed by atoms with Crippen molar-refractivity contribution in [1.82, 2.24) is 9.55 Å². The van der Waals surface area contributed by atoms with E-state index < -0.39 is 36.8 Å². The maximum Gasteiger partial charge on any atom is 0.350 e. The average Bonchev–Trinajstić information content (AvgIpc) is 2.66. The van der Waals surface area contributed by atoms with Crippen molar-refractivity contribution in [3.05, 3.63) is 28.4 Å². The molecule has 1 aromatic rings. The highest BCUT2D eigenvalue weighted by Gasteiger charge is 2.43. The first-order valence-corrected chi connectivity index (χ1v) is 5.68. The van der Waals surface area contributed by atoms with E-state index in [2.05, 4.69) is 4.98 Å². The number of aromatic nitrogens is 2. The highest BCUT2D eigenvalue weighted by atomic mass is 16.6. The maximum atomic E-state index is 11.7. The SMILES string of the molecule is CC(=O)c1ccn(C2O[C@H](CO)[C@@H](O)[C@@H]2O)c(=O)n1. The van der Waals surface area contributed by atoms with Crippen molar-refractivity contribution in [2.45, 2.75) is 31.5 Å². The smallest absolute Gasteiger partial charge is 0.350 e. The monoisotopic (exact) mass is 270 g/mol. The molecule has 0 aromatic carbocycles. The van der Waals surface area contributed by atoms with Gasteiger partial charge in [-0.3, -0.25) is 9.36 Å². The fourth-order valence-electron chi connectivity index (χ4n) is 1.91. The van der Waals surface area contributed by atoms with E-state index >= 15 is 0 Å². The lowest BCUT2D eigenvalue weighted by Gasteiger charge is -2.16. The van der Waals surface area contributed by atoms with E-state index in [-0.39, 0.29) is 11.5 Å². The van der Waals surface area contributed by atoms with E-state index in [0.717, 1.165) is 4.57 Å². The topological polar surface area (TPSA) is 122 Å². The number of ketones is 1. The minimum atomic E-state index is -1.36. The van der Waals surface area contributed by atoms with Crippen LogP contribution in [0.3, 0.4) is 0 Å². The summed E-state index contributed by atoms with van der Waals surface area (Å²) in [4.78, 5) is 26.4. The molecule has 3 N–H and O–H groups in total. The Bertz CT molecular complexity index is 542. The number of carbonyl (C=O) groups is 1. The highest BCUT2D eigenvalue weighted by Crippen LogP contribution is 2.27. The van der Waals surface area contributed by atoms with Crippen LogP contribution in [0.2, 0.25) is 0 Å². The van der Waals surface area contributed by atoms with Gasteiger partial charge in [0.1, 0.15) is 24.0 Å². The summed E-state index contributed by atoms with van der Waals surface area (Å²) in [5.41, 5.74) is -0.768. The Morgan fingerprint density at radius 1 is 1.47 bits per heavy atom. The Labute approximate surface area is 107 Å². The standard InChI is InChI=1S/C11H14N2O6/c1-5(15)6-2-3-13(11(18)12-6)10-9(17)8(16)7(4-14)19-10/h2-3,7-10,14,16-17H,4H2,1H3/t7-,8-,9+,10?/m1/s1. The van der Waals surface area contributed by atoms with Gasteiger partial charge in [-0.25, -0.2) is 4.79 Å². The van der Waals surface area contributed by atoms with Crippen molar-refractivity contribution in [3.63, 3.8) is 0 Å². The Morgan fingerprint density at radius 2 is 2.16 bits per heavy atom. The third-order valence-corrected chi connectivity index (χ3v) is 2.98. The van der Waals surface area contributed by atoms with Gasteiger partial charge in [-0.2, -0.15) is 4.98 Å². The molecule has 0 spiro atoms. The van der Waals surface area contributed by atoms with E-state index in [4.69, 9.17) is 9.84 Å². The van der Waals surface area contributed by atoms with Crippen molar-refractivity contribution in [1.29, 1.82) is 0 Å². The number of hydrogen-bond donors (Lipinski definition) is 3. The van der Waals surface area contributed by atoms with Crippen molar-refractivity contribution in [2.24, 2.45) is 0 Å². The molecule has 1 fully saturated rings. The first kappa shape index (κ1) is 13.8. The zero-order valence-corrected chi connectivity index (χ0v) is 10.1. The molecule has 1 aliphatic heterocycles. The fraction of sp³-hybridized carbons (Fsp3) is 0.545. The molecule has 1 aromatic heterocycles. The van der Waals surface area contributed by atoms with Crippen LogP contribution in [0.1, 0.15) is 23.6 Å². The summed E-state index contributed by atoms with van der Waals surface area (Å²) >= 11 is 0. The van der Waals surface area contributed by atoms with E-state index in [0.29, 0.717) is 0 Å². The van der Waals surface area contributed by atoms with Crippen LogP contribution in [0.5, 0.6) is 0 Å². The number of aliphatic hydroxyl groups is 3. The molecule has 1 unspecified atom stereocenters. The van der Waals surface area contributed by atoms with Gasteiger partial charge in [0.2, 0.25) is 0 Å². The third-order valence-electron chi connectivity index (χ3n) is 2.98. The molecule has 8 heteroatoms. The molecule has 2 heterocycles. The summed E-state index contributed by atoms with van der Waals surface area (Å²) < 4.78 is 6.16. The van der Waals surface area contributed by atoms with Crippen LogP contribution in [0.25, 0.3) is 0 Å². The van der Waals surface area contributed by atoms with Crippen molar-refractivity contribution in [3.8, 4) is 0 Å². The van der Waals surface area contributed by atoms with Gasteiger partial charge in [-0.1, -0.05) is 0 Å². The Hall–Kier alpha value is -1.61. The summed E-state index contributed by atoms with van der Waals surface area (Å²) in [6.45, 7) is 0.793. The lowest BCUT2D eigenvalue weighted by molar-refractivity contribution is -0.0550. The summed E-state index contributed by atoms with van der Waals surface area (Å²) in [7, 11) is 0. The molecular formula is C11H14N2O6. The molecule has 8 nitrogen and oxygen atoms in total. The van der Waals surface area contributed by atoms with Gasteiger partial charge in [-0.05, 0) is 6.07 Å². The molecule has 1 aliphatic rings. The molecule has 4 atom stereocenters. The van der Waals surface area contributed by atoms with E-state index in [9.17, 15) is 19.8 Å². The Balaban J connectivity index is 2.33. The quantitative estimate of drug-likeness (QED) is 0.546. The zero-order chi connectivity index (χ0) is 14.2. The molecule has 0 amide bonds. The van der Waals surface area contributed by atoms with Gasteiger partial charge in [-0.15, -0.1) is 0 Å². The van der Waals surface area contributed by atoms with Crippen molar-refractivity contribution < 1.29 is 24.9 Å². The van der Waals surface area contributed by atoms with Gasteiger partial charge in [0.25, 0.3) is 0 Å². The molecule has 2 rings (SSSR count). The number of carbonyl (C=O) groups excluding carboxylic acids is 1. The summed E-state index contributed by atoms with van der Waals surface area (Å²) in [6.07, 6.45) is -3.52. The Kier molecular flexibility index (Phi) is 3.76. The van der Waals surface area contributed by atoms with Crippen molar-refractivity contribution >= 4 is 5.78 Å². The second kappa shape index (κ2) is 5.17. The lowest BCUT2D eigenvalue weighted by atomic mass is 10.1. The van der Waals surface area contributed by atoms with Gasteiger partial charge in [0, 0.05) is 13.1 Å². The van der Waals surface area contributed by atoms with Crippen LogP contribution < -0.4 is 5.69 Å². The van der Waals surface area contributed by atoms with Crippen LogP contribution in [0.15, 0.2) is 17.1 Å². The second-order valence-electron chi connectivity index (χ2n) is 4.29. The van der Waals surface area contributed by atoms with Gasteiger partial charge >= 0.3 is 5.69 Å². The molecule has 1 saturated heterocycles. The number of aliphatic hydroxyl groups excluding tert-OH is 3. The molecule has 104 valence electrons. The van der Waals surface area contributed by atoms with Gasteiger partial charge in [0.15, 0.2) is 12.0 Å². The molecular weight excluding hydrogens is 256 g/mol. The predicted octanol–water partition coefficient (Wildman–Crippen LogP) is -1.94. The highest BCUT2D eigenvalue weighted by molar-refractivity contribution is 5.91. The largest absolute Gasteiger partial charge is 0.394 e. The first-order valence-electron chi connectivity index (χ1n) is 5.68. The zero-order valence-electron chi connectivity index (χ0n) is 10.1. The third kappa shape index (κ3) is 2.43. The lowest BCUT2D eigenvalue weighted by Crippen LogP contribution is -2.36. The summed E-state index contributed by atoms with van der Waals surface area (Å²) in [5.74, 6) is -0.356. The number of Topliss-reactive ketones (excluding diaryl/α,β-unsaturated/α-hetero) is 1. The normalized spacial score (nSPS) is 30.5. The molecule has 0 aliphatic carbocycles. The van der Waals surface area contributed by atoms with Gasteiger partial charge in [0.05, 0.1) is 6.61 Å². The van der Waals surface area contributed by atoms with Crippen LogP contribution in [-0.2, 0) is 4.74 Å². The van der Waals surface area contributed by atoms with Crippen LogP contribution in [0.4, 0.5) is 0 Å².